The molecule has 3 rings (SSSR count). The molecule has 3 saturated heterocycles. The molecular weight excluding hydrogens is 472 g/mol. The number of aliphatic hydroxyl groups excluding tert-OH is 11. The van der Waals surface area contributed by atoms with Crippen molar-refractivity contribution < 1.29 is 79.9 Å². The summed E-state index contributed by atoms with van der Waals surface area (Å²) in [7, 11) is 0. The first-order chi connectivity index (χ1) is 16.0. The Labute approximate surface area is 192 Å². The molecule has 0 radical (unpaired) electrons. The average Bonchev–Trinajstić information content (AvgIpc) is 2.83. The molecule has 0 bridgehead atoms. The number of ether oxygens (including phenoxy) is 5. The molecule has 0 unspecified atom stereocenters. The SMILES string of the molecule is OC[C@H]1O[C@@H](O[C@@H]2[C@H](O[C@H]3[C@@H](O)[C@H](O)[C@@H](CO)O[C@H]3O)O[C@H](CO)[C@@H](O)[C@@H]2O)[C@@H](O)[C@@H](O)[C@@H]1O. The third-order valence-electron chi connectivity index (χ3n) is 6.10. The first-order valence-corrected chi connectivity index (χ1v) is 10.6. The molecule has 16 heteroatoms. The molecule has 0 saturated carbocycles. The first-order valence-electron chi connectivity index (χ1n) is 10.6. The van der Waals surface area contributed by atoms with Crippen LogP contribution in [0.3, 0.4) is 0 Å². The summed E-state index contributed by atoms with van der Waals surface area (Å²) in [4.78, 5) is 0. The van der Waals surface area contributed by atoms with Gasteiger partial charge in [0.05, 0.1) is 19.8 Å². The first kappa shape index (κ1) is 27.9. The molecule has 0 aromatic carbocycles. The highest BCUT2D eigenvalue weighted by Gasteiger charge is 2.53. The van der Waals surface area contributed by atoms with Crippen LogP contribution in [0.4, 0.5) is 0 Å². The zero-order chi connectivity index (χ0) is 25.3. The molecular formula is C18H32O16. The predicted molar refractivity (Wildman–Crippen MR) is 101 cm³/mol. The van der Waals surface area contributed by atoms with E-state index in [1.807, 2.05) is 0 Å². The summed E-state index contributed by atoms with van der Waals surface area (Å²) in [5.74, 6) is 0. The lowest BCUT2D eigenvalue weighted by atomic mass is 9.96. The van der Waals surface area contributed by atoms with Crippen LogP contribution in [0.15, 0.2) is 0 Å². The van der Waals surface area contributed by atoms with Gasteiger partial charge in [0.2, 0.25) is 0 Å². The number of aliphatic hydroxyl groups is 11. The Kier molecular flexibility index (Phi) is 9.54. The standard InChI is InChI=1S/C18H32O16/c19-1-4-8(23)11(26)14(16(29)30-4)33-18-15(12(27)9(24)6(3-21)32-18)34-17-13(28)10(25)7(22)5(2-20)31-17/h4-29H,1-3H2/t4-,5-,6-,7-,8-,9-,10+,11+,12+,13+,14+,15+,16-,17+,18+/m1/s1. The van der Waals surface area contributed by atoms with Crippen LogP contribution in [0.5, 0.6) is 0 Å². The van der Waals surface area contributed by atoms with E-state index in [0.717, 1.165) is 0 Å². The molecule has 15 atom stereocenters. The number of hydrogen-bond acceptors (Lipinski definition) is 16. The van der Waals surface area contributed by atoms with Gasteiger partial charge in [-0.3, -0.25) is 0 Å². The molecule has 16 nitrogen and oxygen atoms in total. The van der Waals surface area contributed by atoms with Gasteiger partial charge < -0.3 is 79.9 Å². The van der Waals surface area contributed by atoms with Gasteiger partial charge in [-0.15, -0.1) is 0 Å². The van der Waals surface area contributed by atoms with Crippen LogP contribution < -0.4 is 0 Å². The Hall–Kier alpha value is -0.640. The fourth-order valence-electron chi connectivity index (χ4n) is 4.02. The lowest BCUT2D eigenvalue weighted by Crippen LogP contribution is -2.66. The largest absolute Gasteiger partial charge is 0.394 e. The molecule has 3 fully saturated rings. The van der Waals surface area contributed by atoms with Gasteiger partial charge >= 0.3 is 0 Å². The normalized spacial score (nSPS) is 52.5. The second kappa shape index (κ2) is 11.6. The summed E-state index contributed by atoms with van der Waals surface area (Å²) in [5.41, 5.74) is 0. The van der Waals surface area contributed by atoms with Crippen molar-refractivity contribution in [1.82, 2.24) is 0 Å². The third kappa shape index (κ3) is 5.37. The average molecular weight is 504 g/mol. The fourth-order valence-corrected chi connectivity index (χ4v) is 4.02. The lowest BCUT2D eigenvalue weighted by molar-refractivity contribution is -0.391. The Morgan fingerprint density at radius 2 is 0.853 bits per heavy atom. The van der Waals surface area contributed by atoms with Crippen molar-refractivity contribution in [3.05, 3.63) is 0 Å². The second-order valence-electron chi connectivity index (χ2n) is 8.33. The van der Waals surface area contributed by atoms with E-state index in [1.54, 1.807) is 0 Å². The van der Waals surface area contributed by atoms with Crippen LogP contribution in [0.2, 0.25) is 0 Å². The third-order valence-corrected chi connectivity index (χ3v) is 6.10. The van der Waals surface area contributed by atoms with E-state index < -0.39 is 112 Å². The summed E-state index contributed by atoms with van der Waals surface area (Å²) in [6.45, 7) is -2.31. The molecule has 11 N–H and O–H groups in total. The molecule has 3 aliphatic rings. The van der Waals surface area contributed by atoms with E-state index in [-0.39, 0.29) is 0 Å². The Morgan fingerprint density at radius 1 is 0.441 bits per heavy atom. The molecule has 3 aliphatic heterocycles. The summed E-state index contributed by atoms with van der Waals surface area (Å²) >= 11 is 0. The van der Waals surface area contributed by atoms with Gasteiger partial charge in [0.1, 0.15) is 73.2 Å². The van der Waals surface area contributed by atoms with E-state index in [2.05, 4.69) is 0 Å². The maximum Gasteiger partial charge on any atom is 0.187 e. The Bertz CT molecular complexity index is 639. The maximum atomic E-state index is 10.6. The van der Waals surface area contributed by atoms with Crippen LogP contribution in [0.1, 0.15) is 0 Å². The maximum absolute atomic E-state index is 10.6. The molecule has 0 aromatic heterocycles. The van der Waals surface area contributed by atoms with E-state index >= 15 is 0 Å². The van der Waals surface area contributed by atoms with Crippen molar-refractivity contribution in [3.8, 4) is 0 Å². The highest BCUT2D eigenvalue weighted by molar-refractivity contribution is 4.95. The van der Waals surface area contributed by atoms with Crippen LogP contribution in [-0.4, -0.2) is 168 Å². The van der Waals surface area contributed by atoms with Crippen molar-refractivity contribution in [2.24, 2.45) is 0 Å². The van der Waals surface area contributed by atoms with Gasteiger partial charge in [-0.25, -0.2) is 0 Å². The second-order valence-corrected chi connectivity index (χ2v) is 8.33. The summed E-state index contributed by atoms with van der Waals surface area (Å²) < 4.78 is 26.5. The molecule has 0 aromatic rings. The van der Waals surface area contributed by atoms with Gasteiger partial charge in [0.25, 0.3) is 0 Å². The minimum absolute atomic E-state index is 0.734. The summed E-state index contributed by atoms with van der Waals surface area (Å²) in [5, 5.41) is 109. The Morgan fingerprint density at radius 3 is 1.38 bits per heavy atom. The summed E-state index contributed by atoms with van der Waals surface area (Å²) in [6.07, 6.45) is -25.7. The molecule has 0 aliphatic carbocycles. The van der Waals surface area contributed by atoms with Crippen LogP contribution in [-0.2, 0) is 23.7 Å². The fraction of sp³-hybridized carbons (Fsp3) is 1.00. The quantitative estimate of drug-likeness (QED) is 0.154. The minimum Gasteiger partial charge on any atom is -0.394 e. The predicted octanol–water partition coefficient (Wildman–Crippen LogP) is -7.57. The number of rotatable bonds is 7. The minimum atomic E-state index is -1.90. The van der Waals surface area contributed by atoms with Crippen molar-refractivity contribution in [1.29, 1.82) is 0 Å². The topological polar surface area (TPSA) is 269 Å². The van der Waals surface area contributed by atoms with Gasteiger partial charge in [0.15, 0.2) is 18.9 Å². The van der Waals surface area contributed by atoms with Crippen molar-refractivity contribution in [2.75, 3.05) is 19.8 Å². The van der Waals surface area contributed by atoms with Gasteiger partial charge in [0, 0.05) is 0 Å². The van der Waals surface area contributed by atoms with Crippen LogP contribution in [0, 0.1) is 0 Å². The zero-order valence-corrected chi connectivity index (χ0v) is 17.7. The van der Waals surface area contributed by atoms with E-state index in [0.29, 0.717) is 0 Å². The van der Waals surface area contributed by atoms with E-state index in [4.69, 9.17) is 23.7 Å². The van der Waals surface area contributed by atoms with Gasteiger partial charge in [-0.2, -0.15) is 0 Å². The molecule has 3 heterocycles. The molecule has 34 heavy (non-hydrogen) atoms. The van der Waals surface area contributed by atoms with Gasteiger partial charge in [-0.1, -0.05) is 0 Å². The van der Waals surface area contributed by atoms with Crippen molar-refractivity contribution in [2.45, 2.75) is 92.1 Å². The highest BCUT2D eigenvalue weighted by Crippen LogP contribution is 2.32. The van der Waals surface area contributed by atoms with Crippen molar-refractivity contribution >= 4 is 0 Å². The summed E-state index contributed by atoms with van der Waals surface area (Å²) in [6, 6.07) is 0. The zero-order valence-electron chi connectivity index (χ0n) is 17.7. The van der Waals surface area contributed by atoms with Crippen LogP contribution >= 0.6 is 0 Å². The number of hydrogen-bond donors (Lipinski definition) is 11. The van der Waals surface area contributed by atoms with E-state index in [1.165, 1.54) is 0 Å². The van der Waals surface area contributed by atoms with Gasteiger partial charge in [-0.05, 0) is 0 Å². The molecule has 200 valence electrons. The van der Waals surface area contributed by atoms with E-state index in [9.17, 15) is 56.2 Å². The monoisotopic (exact) mass is 504 g/mol. The molecule has 0 spiro atoms. The highest BCUT2D eigenvalue weighted by atomic mass is 16.8. The molecule has 0 amide bonds. The van der Waals surface area contributed by atoms with Crippen LogP contribution in [0.25, 0.3) is 0 Å². The lowest BCUT2D eigenvalue weighted by Gasteiger charge is -2.48. The smallest absolute Gasteiger partial charge is 0.187 e. The van der Waals surface area contributed by atoms with Crippen molar-refractivity contribution in [3.63, 3.8) is 0 Å². The Balaban J connectivity index is 1.82.